The predicted octanol–water partition coefficient (Wildman–Crippen LogP) is 4.28. The molecule has 1 aromatic carbocycles. The number of ether oxygens (including phenoxy) is 1. The van der Waals surface area contributed by atoms with Gasteiger partial charge in [-0.25, -0.2) is 8.60 Å². The molecule has 2 N–H and O–H groups in total. The maximum Gasteiger partial charge on any atom is 0.255 e. The van der Waals surface area contributed by atoms with Gasteiger partial charge in [0, 0.05) is 23.9 Å². The summed E-state index contributed by atoms with van der Waals surface area (Å²) < 4.78 is 37.2. The summed E-state index contributed by atoms with van der Waals surface area (Å²) in [4.78, 5) is 13.6. The third kappa shape index (κ3) is 3.99. The molecule has 2 aromatic heterocycles. The zero-order valence-corrected chi connectivity index (χ0v) is 18.4. The normalized spacial score (nSPS) is 18.7. The van der Waals surface area contributed by atoms with Crippen molar-refractivity contribution in [1.82, 2.24) is 4.57 Å². The topological polar surface area (TPSA) is 72.4 Å². The summed E-state index contributed by atoms with van der Waals surface area (Å²) in [6.45, 7) is 1.80. The van der Waals surface area contributed by atoms with E-state index in [9.17, 15) is 13.4 Å². The van der Waals surface area contributed by atoms with Crippen LogP contribution in [0.3, 0.4) is 0 Å². The van der Waals surface area contributed by atoms with Gasteiger partial charge >= 0.3 is 0 Å². The van der Waals surface area contributed by atoms with E-state index in [0.29, 0.717) is 5.69 Å². The fraction of sp³-hybridized carbons (Fsp3) is 0.286. The van der Waals surface area contributed by atoms with E-state index in [-0.39, 0.29) is 34.0 Å². The minimum absolute atomic E-state index is 0.0328. The van der Waals surface area contributed by atoms with Gasteiger partial charge in [-0.2, -0.15) is 0 Å². The highest BCUT2D eigenvalue weighted by Gasteiger charge is 2.44. The third-order valence-electron chi connectivity index (χ3n) is 5.12. The van der Waals surface area contributed by atoms with E-state index in [1.54, 1.807) is 37.4 Å². The Balaban J connectivity index is 1.67. The summed E-state index contributed by atoms with van der Waals surface area (Å²) in [5, 5.41) is 4.94. The molecule has 30 heavy (non-hydrogen) atoms. The lowest BCUT2D eigenvalue weighted by Gasteiger charge is -2.19. The van der Waals surface area contributed by atoms with Crippen LogP contribution in [0.5, 0.6) is 5.75 Å². The van der Waals surface area contributed by atoms with E-state index in [2.05, 4.69) is 10.0 Å². The summed E-state index contributed by atoms with van der Waals surface area (Å²) in [5.74, 6) is 0.332. The minimum Gasteiger partial charge on any atom is -0.494 e. The lowest BCUT2D eigenvalue weighted by atomic mass is 10.2. The van der Waals surface area contributed by atoms with E-state index in [1.807, 2.05) is 17.5 Å². The molecule has 0 aliphatic heterocycles. The van der Waals surface area contributed by atoms with E-state index in [4.69, 9.17) is 4.74 Å². The minimum atomic E-state index is -1.40. The molecule has 0 amide bonds. The van der Waals surface area contributed by atoms with Crippen molar-refractivity contribution in [2.75, 3.05) is 17.1 Å². The fourth-order valence-electron chi connectivity index (χ4n) is 3.32. The number of hydrogen-bond acceptors (Lipinski definition) is 5. The lowest BCUT2D eigenvalue weighted by molar-refractivity contribution is 0.415. The van der Waals surface area contributed by atoms with Crippen LogP contribution in [-0.2, 0) is 18.0 Å². The second kappa shape index (κ2) is 8.23. The van der Waals surface area contributed by atoms with Crippen LogP contribution in [0.15, 0.2) is 46.6 Å². The number of thiophene rings is 1. The highest BCUT2D eigenvalue weighted by atomic mass is 32.2. The van der Waals surface area contributed by atoms with Gasteiger partial charge in [0.25, 0.3) is 5.56 Å². The van der Waals surface area contributed by atoms with Gasteiger partial charge in [0.2, 0.25) is 0 Å². The number of nitrogens with zero attached hydrogens (tertiary/aromatic N) is 1. The molecule has 1 saturated carbocycles. The zero-order valence-electron chi connectivity index (χ0n) is 16.8. The Labute approximate surface area is 180 Å². The Morgan fingerprint density at radius 3 is 2.77 bits per heavy atom. The number of methoxy groups -OCH3 is 1. The summed E-state index contributed by atoms with van der Waals surface area (Å²) in [6.07, 6.45) is 0.823. The van der Waals surface area contributed by atoms with Gasteiger partial charge in [0.05, 0.1) is 18.0 Å². The van der Waals surface area contributed by atoms with Gasteiger partial charge in [-0.05, 0) is 42.5 Å². The Morgan fingerprint density at radius 1 is 1.30 bits per heavy atom. The van der Waals surface area contributed by atoms with E-state index in [1.165, 1.54) is 28.7 Å². The first-order chi connectivity index (χ1) is 14.4. The van der Waals surface area contributed by atoms with Crippen molar-refractivity contribution < 1.29 is 13.3 Å². The molecule has 0 bridgehead atoms. The number of halogens is 1. The summed E-state index contributed by atoms with van der Waals surface area (Å²) in [6, 6.07) is 10.1. The second-order valence-corrected chi connectivity index (χ2v) is 9.62. The smallest absolute Gasteiger partial charge is 0.255 e. The molecule has 6 nitrogen and oxygen atoms in total. The molecule has 1 fully saturated rings. The largest absolute Gasteiger partial charge is 0.494 e. The van der Waals surface area contributed by atoms with Crippen LogP contribution in [0.25, 0.3) is 0 Å². The molecule has 3 atom stereocenters. The molecular weight excluding hydrogens is 425 g/mol. The molecule has 0 radical (unpaired) electrons. The maximum absolute atomic E-state index is 14.4. The Kier molecular flexibility index (Phi) is 5.66. The van der Waals surface area contributed by atoms with Crippen molar-refractivity contribution in [1.29, 1.82) is 0 Å². The van der Waals surface area contributed by atoms with Gasteiger partial charge < -0.3 is 10.1 Å². The molecule has 1 aliphatic carbocycles. The highest BCUT2D eigenvalue weighted by Crippen LogP contribution is 2.47. The van der Waals surface area contributed by atoms with Crippen molar-refractivity contribution in [3.05, 3.63) is 68.4 Å². The van der Waals surface area contributed by atoms with E-state index in [0.717, 1.165) is 12.0 Å². The van der Waals surface area contributed by atoms with Crippen LogP contribution in [-0.4, -0.2) is 21.1 Å². The molecule has 0 spiro atoms. The van der Waals surface area contributed by atoms with E-state index < -0.39 is 16.8 Å². The van der Waals surface area contributed by atoms with Gasteiger partial charge in [-0.15, -0.1) is 11.3 Å². The summed E-state index contributed by atoms with van der Waals surface area (Å²) in [5.41, 5.74) is 1.02. The standard InChI is InChI=1S/C21H22FN3O3S2/c1-12-6-7-15(14(22)9-12)23-21-20(16(28-3)11-19(26)25(21)2)24-30(27)18-10-13(18)17-5-4-8-29-17/h4-9,11,13,18,23-24H,10H2,1-3H3. The number of aromatic nitrogens is 1. The molecule has 1 aliphatic rings. The van der Waals surface area contributed by atoms with Crippen LogP contribution >= 0.6 is 11.3 Å². The lowest BCUT2D eigenvalue weighted by Crippen LogP contribution is -2.22. The average molecular weight is 448 g/mol. The quantitative estimate of drug-likeness (QED) is 0.567. The number of hydrogen-bond donors (Lipinski definition) is 2. The van der Waals surface area contributed by atoms with Crippen LogP contribution in [0.4, 0.5) is 21.6 Å². The van der Waals surface area contributed by atoms with Crippen molar-refractivity contribution in [2.24, 2.45) is 7.05 Å². The molecule has 3 unspecified atom stereocenters. The SMILES string of the molecule is COc1cc(=O)n(C)c(Nc2ccc(C)cc2F)c1NS(=O)C1CC1c1cccs1. The molecule has 3 aromatic rings. The number of anilines is 3. The molecule has 4 rings (SSSR count). The fourth-order valence-corrected chi connectivity index (χ4v) is 5.69. The molecular formula is C21H22FN3O3S2. The predicted molar refractivity (Wildman–Crippen MR) is 120 cm³/mol. The molecule has 0 saturated heterocycles. The van der Waals surface area contributed by atoms with Crippen LogP contribution in [0.1, 0.15) is 22.8 Å². The van der Waals surface area contributed by atoms with Crippen molar-refractivity contribution in [3.63, 3.8) is 0 Å². The Morgan fingerprint density at radius 2 is 2.10 bits per heavy atom. The number of aryl methyl sites for hydroxylation is 1. The van der Waals surface area contributed by atoms with Crippen molar-refractivity contribution >= 4 is 39.5 Å². The van der Waals surface area contributed by atoms with Crippen LogP contribution in [0, 0.1) is 12.7 Å². The molecule has 158 valence electrons. The van der Waals surface area contributed by atoms with Gasteiger partial charge in [0.1, 0.15) is 28.3 Å². The Bertz CT molecular complexity index is 1160. The summed E-state index contributed by atoms with van der Waals surface area (Å²) >= 11 is 1.65. The second-order valence-electron chi connectivity index (χ2n) is 7.24. The van der Waals surface area contributed by atoms with Crippen LogP contribution in [0.2, 0.25) is 0 Å². The first kappa shape index (κ1) is 20.6. The van der Waals surface area contributed by atoms with Crippen molar-refractivity contribution in [3.8, 4) is 5.75 Å². The maximum atomic E-state index is 14.4. The number of nitrogens with one attached hydrogen (secondary N) is 2. The van der Waals surface area contributed by atoms with Crippen molar-refractivity contribution in [2.45, 2.75) is 24.5 Å². The molecule has 9 heteroatoms. The number of rotatable bonds is 7. The molecule has 2 heterocycles. The summed E-state index contributed by atoms with van der Waals surface area (Å²) in [7, 11) is 1.60. The number of pyridine rings is 1. The third-order valence-corrected chi connectivity index (χ3v) is 7.60. The zero-order chi connectivity index (χ0) is 21.4. The first-order valence-electron chi connectivity index (χ1n) is 9.41. The van der Waals surface area contributed by atoms with E-state index >= 15 is 0 Å². The Hall–Kier alpha value is -2.65. The van der Waals surface area contributed by atoms with Crippen LogP contribution < -0.4 is 20.3 Å². The van der Waals surface area contributed by atoms with Gasteiger partial charge in [-0.1, -0.05) is 12.1 Å². The average Bonchev–Trinajstić information content (AvgIpc) is 3.33. The number of benzene rings is 1. The first-order valence-corrected chi connectivity index (χ1v) is 11.5. The monoisotopic (exact) mass is 447 g/mol. The van der Waals surface area contributed by atoms with Gasteiger partial charge in [0.15, 0.2) is 5.75 Å². The highest BCUT2D eigenvalue weighted by molar-refractivity contribution is 7.87. The van der Waals surface area contributed by atoms with Gasteiger partial charge in [-0.3, -0.25) is 14.1 Å².